The quantitative estimate of drug-likeness (QED) is 0.0625. The van der Waals surface area contributed by atoms with Crippen molar-refractivity contribution in [1.82, 2.24) is 10.6 Å². The molecule has 0 saturated carbocycles. The van der Waals surface area contributed by atoms with Crippen LogP contribution in [0.1, 0.15) is 64.1 Å². The highest BCUT2D eigenvalue weighted by Crippen LogP contribution is 2.44. The van der Waals surface area contributed by atoms with Gasteiger partial charge in [-0.3, -0.25) is 10.1 Å². The largest absolute Gasteiger partial charge is 0.449 e. The van der Waals surface area contributed by atoms with Gasteiger partial charge in [0.1, 0.15) is 12.6 Å². The third-order valence-corrected chi connectivity index (χ3v) is 10.6. The molecule has 0 spiro atoms. The summed E-state index contributed by atoms with van der Waals surface area (Å²) in [5, 5.41) is 19.2. The molecule has 0 fully saturated rings. The Labute approximate surface area is 323 Å². The molecule has 0 aromatic heterocycles. The number of alkyl carbamates (subject to hydrolysis) is 1. The molecule has 1 atom stereocenters. The third kappa shape index (κ3) is 8.39. The van der Waals surface area contributed by atoms with E-state index in [2.05, 4.69) is 120 Å². The van der Waals surface area contributed by atoms with Gasteiger partial charge in [-0.15, -0.1) is 0 Å². The zero-order valence-corrected chi connectivity index (χ0v) is 31.1. The molecule has 55 heavy (non-hydrogen) atoms. The number of aryl methyl sites for hydroxylation is 1. The number of hydrogen-bond acceptors (Lipinski definition) is 5. The van der Waals surface area contributed by atoms with E-state index in [4.69, 9.17) is 4.74 Å². The number of benzene rings is 6. The molecule has 0 unspecified atom stereocenters. The zero-order chi connectivity index (χ0) is 38.0. The van der Waals surface area contributed by atoms with E-state index in [1.807, 2.05) is 36.4 Å². The first-order valence-corrected chi connectivity index (χ1v) is 19.0. The molecule has 7 nitrogen and oxygen atoms in total. The molecule has 7 rings (SSSR count). The van der Waals surface area contributed by atoms with E-state index in [1.165, 1.54) is 5.56 Å². The molecule has 0 heterocycles. The van der Waals surface area contributed by atoms with Crippen molar-refractivity contribution in [1.29, 1.82) is 0 Å². The maximum atomic E-state index is 13.7. The van der Waals surface area contributed by atoms with E-state index in [0.29, 0.717) is 25.1 Å². The second kappa shape index (κ2) is 17.4. The Balaban J connectivity index is 1.05. The van der Waals surface area contributed by atoms with E-state index in [-0.39, 0.29) is 25.0 Å². The maximum absolute atomic E-state index is 13.7. The summed E-state index contributed by atoms with van der Waals surface area (Å²) in [6.45, 7) is 2.81. The van der Waals surface area contributed by atoms with Crippen LogP contribution in [0.4, 0.5) is 10.5 Å². The molecule has 0 aliphatic heterocycles. The molecule has 0 saturated heterocycles. The first kappa shape index (κ1) is 37.3. The van der Waals surface area contributed by atoms with Crippen LogP contribution >= 0.6 is 0 Å². The standard InChI is InChI=1S/C48H47N3O4/c1-34-23-27-38(28-24-34)48(36-14-4-2-5-15-36,37-16-6-3-7-17-37)49-31-13-12-22-45(46(53)50-39-29-25-35(32-52)26-30-39)51-47(54)55-33-44-42-20-10-8-18-40(42)41-19-9-11-21-43(41)44/h2-11,14-21,23-30,44-45,49,52H,12-13,22,31-33H2,1H3,(H,50,53)(H,51,54)/t45-/m0/s1. The summed E-state index contributed by atoms with van der Waals surface area (Å²) in [5.41, 5.74) is 9.85. The monoisotopic (exact) mass is 729 g/mol. The van der Waals surface area contributed by atoms with Crippen LogP contribution in [0.15, 0.2) is 158 Å². The number of carbonyl (C=O) groups is 2. The van der Waals surface area contributed by atoms with E-state index in [0.717, 1.165) is 50.9 Å². The number of anilines is 1. The fourth-order valence-corrected chi connectivity index (χ4v) is 7.71. The predicted octanol–water partition coefficient (Wildman–Crippen LogP) is 9.09. The van der Waals surface area contributed by atoms with E-state index in [1.54, 1.807) is 24.3 Å². The van der Waals surface area contributed by atoms with Crippen LogP contribution in [0.2, 0.25) is 0 Å². The number of ether oxygens (including phenoxy) is 1. The zero-order valence-electron chi connectivity index (χ0n) is 31.1. The van der Waals surface area contributed by atoms with E-state index in [9.17, 15) is 14.7 Å². The Morgan fingerprint density at radius 2 is 1.22 bits per heavy atom. The second-order valence-electron chi connectivity index (χ2n) is 14.1. The number of nitrogens with one attached hydrogen (secondary N) is 3. The lowest BCUT2D eigenvalue weighted by Gasteiger charge is -2.37. The number of amides is 2. The second-order valence-corrected chi connectivity index (χ2v) is 14.1. The first-order valence-electron chi connectivity index (χ1n) is 19.0. The normalized spacial score (nSPS) is 12.7. The summed E-state index contributed by atoms with van der Waals surface area (Å²) >= 11 is 0. The van der Waals surface area contributed by atoms with Crippen molar-refractivity contribution >= 4 is 17.7 Å². The van der Waals surface area contributed by atoms with Gasteiger partial charge in [0.15, 0.2) is 0 Å². The first-order chi connectivity index (χ1) is 27.0. The van der Waals surface area contributed by atoms with Gasteiger partial charge < -0.3 is 20.5 Å². The van der Waals surface area contributed by atoms with Crippen LogP contribution in [0, 0.1) is 6.92 Å². The van der Waals surface area contributed by atoms with Gasteiger partial charge in [-0.2, -0.15) is 0 Å². The van der Waals surface area contributed by atoms with Crippen molar-refractivity contribution in [3.8, 4) is 11.1 Å². The van der Waals surface area contributed by atoms with Crippen molar-refractivity contribution in [2.45, 2.75) is 50.3 Å². The van der Waals surface area contributed by atoms with Gasteiger partial charge in [-0.05, 0) is 89.4 Å². The Hall–Kier alpha value is -6.02. The number of hydrogen-bond donors (Lipinski definition) is 4. The van der Waals surface area contributed by atoms with Crippen molar-refractivity contribution in [3.63, 3.8) is 0 Å². The molecular weight excluding hydrogens is 683 g/mol. The van der Waals surface area contributed by atoms with Crippen molar-refractivity contribution in [2.75, 3.05) is 18.5 Å². The number of rotatable bonds is 15. The minimum absolute atomic E-state index is 0.0893. The van der Waals surface area contributed by atoms with E-state index < -0.39 is 17.7 Å². The Morgan fingerprint density at radius 1 is 0.673 bits per heavy atom. The number of unbranched alkanes of at least 4 members (excludes halogenated alkanes) is 1. The SMILES string of the molecule is Cc1ccc(C(NCCCC[C@H](NC(=O)OCC2c3ccccc3-c3ccccc32)C(=O)Nc2ccc(CO)cc2)(c2ccccc2)c2ccccc2)cc1. The summed E-state index contributed by atoms with van der Waals surface area (Å²) in [6, 6.07) is 52.2. The molecule has 7 heteroatoms. The molecule has 0 bridgehead atoms. The van der Waals surface area contributed by atoms with E-state index >= 15 is 0 Å². The molecular formula is C48H47N3O4. The lowest BCUT2D eigenvalue weighted by Crippen LogP contribution is -2.45. The molecule has 4 N–H and O–H groups in total. The van der Waals surface area contributed by atoms with Gasteiger partial charge in [0.2, 0.25) is 5.91 Å². The highest BCUT2D eigenvalue weighted by Gasteiger charge is 2.36. The number of carbonyl (C=O) groups excluding carboxylic acids is 2. The molecule has 1 aliphatic rings. The van der Waals surface area contributed by atoms with Crippen LogP contribution in [-0.4, -0.2) is 36.3 Å². The highest BCUT2D eigenvalue weighted by atomic mass is 16.5. The van der Waals surface area contributed by atoms with Gasteiger partial charge in [0, 0.05) is 11.6 Å². The molecule has 6 aromatic rings. The number of aliphatic hydroxyl groups is 1. The molecule has 0 radical (unpaired) electrons. The van der Waals surface area contributed by atoms with Crippen LogP contribution in [0.25, 0.3) is 11.1 Å². The predicted molar refractivity (Wildman–Crippen MR) is 219 cm³/mol. The van der Waals surface area contributed by atoms with Gasteiger partial charge in [-0.1, -0.05) is 151 Å². The summed E-state index contributed by atoms with van der Waals surface area (Å²) < 4.78 is 5.86. The molecule has 2 amide bonds. The van der Waals surface area contributed by atoms with Crippen molar-refractivity contribution in [2.24, 2.45) is 0 Å². The Kier molecular flexibility index (Phi) is 11.8. The molecule has 6 aromatic carbocycles. The summed E-state index contributed by atoms with van der Waals surface area (Å²) in [5.74, 6) is -0.426. The Morgan fingerprint density at radius 3 is 1.80 bits per heavy atom. The fourth-order valence-electron chi connectivity index (χ4n) is 7.71. The van der Waals surface area contributed by atoms with Crippen molar-refractivity contribution < 1.29 is 19.4 Å². The van der Waals surface area contributed by atoms with Gasteiger partial charge in [0.25, 0.3) is 0 Å². The minimum Gasteiger partial charge on any atom is -0.449 e. The summed E-state index contributed by atoms with van der Waals surface area (Å²) in [6.07, 6.45) is 1.17. The van der Waals surface area contributed by atoms with Crippen LogP contribution in [0.3, 0.4) is 0 Å². The van der Waals surface area contributed by atoms with Crippen LogP contribution in [-0.2, 0) is 21.7 Å². The van der Waals surface area contributed by atoms with Gasteiger partial charge in [0.05, 0.1) is 12.1 Å². The summed E-state index contributed by atoms with van der Waals surface area (Å²) in [7, 11) is 0. The minimum atomic E-state index is -0.835. The van der Waals surface area contributed by atoms with Gasteiger partial charge in [-0.25, -0.2) is 4.79 Å². The Bertz CT molecular complexity index is 2100. The topological polar surface area (TPSA) is 99.7 Å². The van der Waals surface area contributed by atoms with Gasteiger partial charge >= 0.3 is 6.09 Å². The molecule has 1 aliphatic carbocycles. The molecule has 278 valence electrons. The lowest BCUT2D eigenvalue weighted by molar-refractivity contribution is -0.118. The highest BCUT2D eigenvalue weighted by molar-refractivity contribution is 5.96. The number of aliphatic hydroxyl groups excluding tert-OH is 1. The average molecular weight is 730 g/mol. The summed E-state index contributed by atoms with van der Waals surface area (Å²) in [4.78, 5) is 27.2. The van der Waals surface area contributed by atoms with Crippen LogP contribution in [0.5, 0.6) is 0 Å². The maximum Gasteiger partial charge on any atom is 0.407 e. The third-order valence-electron chi connectivity index (χ3n) is 10.6. The smallest absolute Gasteiger partial charge is 0.407 e. The van der Waals surface area contributed by atoms with Crippen molar-refractivity contribution in [3.05, 3.63) is 197 Å². The lowest BCUT2D eigenvalue weighted by atomic mass is 9.76. The average Bonchev–Trinajstić information content (AvgIpc) is 3.55. The van der Waals surface area contributed by atoms with Crippen LogP contribution < -0.4 is 16.0 Å². The fraction of sp³-hybridized carbons (Fsp3) is 0.208. The number of fused-ring (bicyclic) bond motifs is 3.